The zero-order chi connectivity index (χ0) is 23.4. The van der Waals surface area contributed by atoms with E-state index in [1.165, 1.54) is 6.33 Å². The van der Waals surface area contributed by atoms with Crippen LogP contribution < -0.4 is 10.6 Å². The first-order valence-electron chi connectivity index (χ1n) is 11.3. The summed E-state index contributed by atoms with van der Waals surface area (Å²) in [5.41, 5.74) is 1.16. The van der Waals surface area contributed by atoms with Crippen molar-refractivity contribution >= 4 is 17.6 Å². The predicted octanol–water partition coefficient (Wildman–Crippen LogP) is 0.345. The summed E-state index contributed by atoms with van der Waals surface area (Å²) >= 11 is 0. The molecule has 1 atom stereocenters. The van der Waals surface area contributed by atoms with Gasteiger partial charge >= 0.3 is 0 Å². The minimum Gasteiger partial charge on any atom is -0.446 e. The van der Waals surface area contributed by atoms with Gasteiger partial charge < -0.3 is 25.1 Å². The number of nitrogens with one attached hydrogen (secondary N) is 2. The summed E-state index contributed by atoms with van der Waals surface area (Å²) in [6, 6.07) is 1.80. The predicted molar refractivity (Wildman–Crippen MR) is 119 cm³/mol. The molecule has 0 bridgehead atoms. The van der Waals surface area contributed by atoms with Crippen molar-refractivity contribution in [2.24, 2.45) is 0 Å². The molecule has 0 spiro atoms. The topological polar surface area (TPSA) is 137 Å². The molecule has 2 aromatic rings. The quantitative estimate of drug-likeness (QED) is 0.538. The molecule has 11 nitrogen and oxygen atoms in total. The number of fused-ring (bicyclic) bond motifs is 1. The molecule has 0 saturated carbocycles. The maximum absolute atomic E-state index is 12.5. The van der Waals surface area contributed by atoms with E-state index in [1.807, 2.05) is 11.8 Å². The van der Waals surface area contributed by atoms with E-state index in [1.54, 1.807) is 13.0 Å². The van der Waals surface area contributed by atoms with Crippen molar-refractivity contribution in [2.75, 3.05) is 38.0 Å². The van der Waals surface area contributed by atoms with Gasteiger partial charge in [-0.1, -0.05) is 0 Å². The average Bonchev–Trinajstić information content (AvgIpc) is 3.17. The van der Waals surface area contributed by atoms with Gasteiger partial charge in [-0.15, -0.1) is 0 Å². The van der Waals surface area contributed by atoms with E-state index in [9.17, 15) is 14.7 Å². The van der Waals surface area contributed by atoms with Gasteiger partial charge in [-0.3, -0.25) is 14.5 Å². The number of aromatic nitrogens is 3. The molecule has 2 aliphatic heterocycles. The van der Waals surface area contributed by atoms with E-state index in [4.69, 9.17) is 4.42 Å². The highest BCUT2D eigenvalue weighted by atomic mass is 16.4. The van der Waals surface area contributed by atoms with Crippen LogP contribution in [0, 0.1) is 6.92 Å². The maximum atomic E-state index is 12.5. The molecule has 0 radical (unpaired) electrons. The van der Waals surface area contributed by atoms with Gasteiger partial charge in [0.1, 0.15) is 23.6 Å². The molecule has 1 saturated heterocycles. The first kappa shape index (κ1) is 23.1. The van der Waals surface area contributed by atoms with E-state index in [0.717, 1.165) is 37.3 Å². The van der Waals surface area contributed by atoms with E-state index in [2.05, 4.69) is 30.5 Å². The summed E-state index contributed by atoms with van der Waals surface area (Å²) in [5, 5.41) is 16.5. The molecule has 2 aromatic heterocycles. The maximum Gasteiger partial charge on any atom is 0.270 e. The van der Waals surface area contributed by atoms with Crippen LogP contribution in [0.15, 0.2) is 16.8 Å². The summed E-state index contributed by atoms with van der Waals surface area (Å²) in [6.45, 7) is 6.79. The number of aliphatic hydroxyl groups is 1. The molecule has 4 rings (SSSR count). The number of β-amino-alcohol motifs (C(OH)–C–C–N with tert-alkyl or cyclic N) is 1. The summed E-state index contributed by atoms with van der Waals surface area (Å²) in [4.78, 5) is 40.6. The Morgan fingerprint density at radius 3 is 2.82 bits per heavy atom. The van der Waals surface area contributed by atoms with Crippen LogP contribution in [-0.2, 0) is 17.8 Å². The van der Waals surface area contributed by atoms with Crippen LogP contribution >= 0.6 is 0 Å². The summed E-state index contributed by atoms with van der Waals surface area (Å²) in [5.74, 6) is 1.89. The summed E-state index contributed by atoms with van der Waals surface area (Å²) < 4.78 is 5.57. The molecule has 4 heterocycles. The number of rotatable bonds is 7. The standard InChI is InChI=1S/C22H31N7O4/c1-14-26-19-12-28(6-5-20(19)33-14)11-17(31)10-23-22(32)18-9-21(25-13-24-18)27-16-3-7-29(8-4-16)15(2)30/h9,13,16-17,31H,3-8,10-12H2,1-2H3,(H,23,32)(H,24,25,27)/t17-/m0/s1. The molecule has 178 valence electrons. The van der Waals surface area contributed by atoms with Gasteiger partial charge in [-0.05, 0) is 12.8 Å². The number of oxazole rings is 1. The largest absolute Gasteiger partial charge is 0.446 e. The third-order valence-corrected chi connectivity index (χ3v) is 6.07. The Bertz CT molecular complexity index is 987. The van der Waals surface area contributed by atoms with Gasteiger partial charge in [0, 0.05) is 71.6 Å². The lowest BCUT2D eigenvalue weighted by Crippen LogP contribution is -2.42. The van der Waals surface area contributed by atoms with Gasteiger partial charge in [0.2, 0.25) is 5.91 Å². The van der Waals surface area contributed by atoms with E-state index >= 15 is 0 Å². The highest BCUT2D eigenvalue weighted by Crippen LogP contribution is 2.19. The van der Waals surface area contributed by atoms with Crippen molar-refractivity contribution in [1.29, 1.82) is 0 Å². The van der Waals surface area contributed by atoms with E-state index < -0.39 is 6.10 Å². The Morgan fingerprint density at radius 1 is 1.27 bits per heavy atom. The van der Waals surface area contributed by atoms with Gasteiger partial charge in [-0.2, -0.15) is 0 Å². The minimum absolute atomic E-state index is 0.0925. The average molecular weight is 458 g/mol. The number of anilines is 1. The fourth-order valence-electron chi connectivity index (χ4n) is 4.31. The number of nitrogens with zero attached hydrogens (tertiary/aromatic N) is 5. The minimum atomic E-state index is -0.714. The van der Waals surface area contributed by atoms with Crippen molar-refractivity contribution < 1.29 is 19.1 Å². The third-order valence-electron chi connectivity index (χ3n) is 6.07. The van der Waals surface area contributed by atoms with E-state index in [-0.39, 0.29) is 30.1 Å². The number of amides is 2. The first-order valence-corrected chi connectivity index (χ1v) is 11.3. The Morgan fingerprint density at radius 2 is 2.06 bits per heavy atom. The number of hydrogen-bond donors (Lipinski definition) is 3. The number of carbonyl (C=O) groups is 2. The molecule has 11 heteroatoms. The molecular weight excluding hydrogens is 426 g/mol. The molecule has 0 aliphatic carbocycles. The molecule has 3 N–H and O–H groups in total. The molecule has 0 unspecified atom stereocenters. The second kappa shape index (κ2) is 10.3. The number of aryl methyl sites for hydroxylation is 1. The zero-order valence-corrected chi connectivity index (χ0v) is 19.1. The van der Waals surface area contributed by atoms with Crippen LogP contribution in [0.3, 0.4) is 0 Å². The second-order valence-electron chi connectivity index (χ2n) is 8.66. The second-order valence-corrected chi connectivity index (χ2v) is 8.66. The normalized spacial score (nSPS) is 18.0. The van der Waals surface area contributed by atoms with Crippen molar-refractivity contribution in [3.8, 4) is 0 Å². The highest BCUT2D eigenvalue weighted by Gasteiger charge is 2.24. The monoisotopic (exact) mass is 457 g/mol. The van der Waals surface area contributed by atoms with Crippen LogP contribution in [0.25, 0.3) is 0 Å². The smallest absolute Gasteiger partial charge is 0.270 e. The molecule has 1 fully saturated rings. The molecule has 2 amide bonds. The van der Waals surface area contributed by atoms with Gasteiger partial charge in [0.25, 0.3) is 5.91 Å². The fourth-order valence-corrected chi connectivity index (χ4v) is 4.31. The van der Waals surface area contributed by atoms with Crippen LogP contribution in [0.4, 0.5) is 5.82 Å². The first-order chi connectivity index (χ1) is 15.9. The highest BCUT2D eigenvalue weighted by molar-refractivity contribution is 5.92. The van der Waals surface area contributed by atoms with Crippen LogP contribution in [0.1, 0.15) is 47.6 Å². The van der Waals surface area contributed by atoms with E-state index in [0.29, 0.717) is 37.9 Å². The van der Waals surface area contributed by atoms with Crippen LogP contribution in [0.5, 0.6) is 0 Å². The Hall–Kier alpha value is -3.05. The Labute approximate surface area is 192 Å². The van der Waals surface area contributed by atoms with Crippen LogP contribution in [-0.4, -0.2) is 86.5 Å². The zero-order valence-electron chi connectivity index (χ0n) is 19.1. The SMILES string of the molecule is CC(=O)N1CCC(Nc2cc(C(=O)NC[C@H](O)CN3CCc4oc(C)nc4C3)ncn2)CC1. The van der Waals surface area contributed by atoms with Crippen molar-refractivity contribution in [3.05, 3.63) is 35.4 Å². The van der Waals surface area contributed by atoms with Crippen molar-refractivity contribution in [1.82, 2.24) is 30.1 Å². The number of likely N-dealkylation sites (tertiary alicyclic amines) is 1. The molecule has 2 aliphatic rings. The molecule has 33 heavy (non-hydrogen) atoms. The summed E-state index contributed by atoms with van der Waals surface area (Å²) in [7, 11) is 0. The number of piperidine rings is 1. The number of hydrogen-bond acceptors (Lipinski definition) is 9. The molecular formula is C22H31N7O4. The van der Waals surface area contributed by atoms with Gasteiger partial charge in [0.05, 0.1) is 11.8 Å². The lowest BCUT2D eigenvalue weighted by atomic mass is 10.1. The summed E-state index contributed by atoms with van der Waals surface area (Å²) in [6.07, 6.45) is 3.05. The van der Waals surface area contributed by atoms with Gasteiger partial charge in [0.15, 0.2) is 5.89 Å². The third kappa shape index (κ3) is 6.05. The lowest BCUT2D eigenvalue weighted by Gasteiger charge is -2.31. The number of aliphatic hydroxyl groups excluding tert-OH is 1. The van der Waals surface area contributed by atoms with Gasteiger partial charge in [-0.25, -0.2) is 15.0 Å². The Balaban J connectivity index is 1.23. The Kier molecular flexibility index (Phi) is 7.19. The number of carbonyl (C=O) groups excluding carboxylic acids is 2. The lowest BCUT2D eigenvalue weighted by molar-refractivity contribution is -0.129. The fraction of sp³-hybridized carbons (Fsp3) is 0.591. The van der Waals surface area contributed by atoms with Crippen molar-refractivity contribution in [3.63, 3.8) is 0 Å². The van der Waals surface area contributed by atoms with Crippen molar-refractivity contribution in [2.45, 2.75) is 51.8 Å². The molecule has 0 aromatic carbocycles. The van der Waals surface area contributed by atoms with Crippen LogP contribution in [0.2, 0.25) is 0 Å².